The molecule has 67 heavy (non-hydrogen) atoms. The molecule has 0 saturated heterocycles. The van der Waals surface area contributed by atoms with E-state index in [4.69, 9.17) is 0 Å². The molecular formula is C65H42N2. The lowest BCUT2D eigenvalue weighted by Crippen LogP contribution is -1.87. The highest BCUT2D eigenvalue weighted by Crippen LogP contribution is 2.47. The third-order valence-corrected chi connectivity index (χ3v) is 15.1. The van der Waals surface area contributed by atoms with E-state index in [0.29, 0.717) is 5.92 Å². The van der Waals surface area contributed by atoms with Gasteiger partial charge >= 0.3 is 0 Å². The van der Waals surface area contributed by atoms with Crippen LogP contribution in [0.15, 0.2) is 212 Å². The maximum Gasteiger partial charge on any atom is 0.0620 e. The molecule has 312 valence electrons. The van der Waals surface area contributed by atoms with Crippen molar-refractivity contribution in [2.24, 2.45) is 0 Å². The van der Waals surface area contributed by atoms with E-state index < -0.39 is 0 Å². The normalized spacial score (nSPS) is 12.5. The van der Waals surface area contributed by atoms with Crippen molar-refractivity contribution in [1.29, 1.82) is 0 Å². The summed E-state index contributed by atoms with van der Waals surface area (Å²) in [5.74, 6) is 0.487. The highest BCUT2D eigenvalue weighted by molar-refractivity contribution is 6.28. The van der Waals surface area contributed by atoms with Crippen LogP contribution in [0, 0.1) is 0 Å². The van der Waals surface area contributed by atoms with E-state index in [1.165, 1.54) is 148 Å². The van der Waals surface area contributed by atoms with Crippen molar-refractivity contribution in [2.45, 2.75) is 19.8 Å². The number of aromatic nitrogens is 2. The van der Waals surface area contributed by atoms with E-state index in [1.54, 1.807) is 0 Å². The quantitative estimate of drug-likeness (QED) is 0.163. The minimum atomic E-state index is 0.487. The second-order valence-electron chi connectivity index (χ2n) is 19.1. The number of hydrogen-bond acceptors (Lipinski definition) is 0. The zero-order valence-corrected chi connectivity index (χ0v) is 37.2. The summed E-state index contributed by atoms with van der Waals surface area (Å²) in [5.41, 5.74) is 18.8. The Hall–Kier alpha value is -8.46. The molecule has 0 fully saturated rings. The van der Waals surface area contributed by atoms with E-state index in [0.717, 1.165) is 0 Å². The smallest absolute Gasteiger partial charge is 0.0620 e. The monoisotopic (exact) mass is 850 g/mol. The summed E-state index contributed by atoms with van der Waals surface area (Å²) in [6.07, 6.45) is 0. The highest BCUT2D eigenvalue weighted by Gasteiger charge is 2.23. The van der Waals surface area contributed by atoms with Crippen LogP contribution in [0.5, 0.6) is 0 Å². The zero-order valence-electron chi connectivity index (χ0n) is 37.2. The van der Waals surface area contributed by atoms with Crippen LogP contribution in [-0.2, 0) is 0 Å². The SMILES string of the molecule is CC(C)c1ccc(-c2cc3c4cc(-c5cccc6cc7c(cc56)c5cc(-c6cccc(-c8ccccc8)c6)cc6c8ccccc8n7c65)ccc4n4c5cc6ccccc6cc5c(c2)c34)cc1. The minimum absolute atomic E-state index is 0.487. The summed E-state index contributed by atoms with van der Waals surface area (Å²) in [6, 6.07) is 80.1. The molecule has 2 heteroatoms. The summed E-state index contributed by atoms with van der Waals surface area (Å²) in [7, 11) is 0. The summed E-state index contributed by atoms with van der Waals surface area (Å²) < 4.78 is 5.04. The van der Waals surface area contributed by atoms with Gasteiger partial charge in [-0.15, -0.1) is 0 Å². The fraction of sp³-hybridized carbons (Fsp3) is 0.0462. The van der Waals surface area contributed by atoms with E-state index in [2.05, 4.69) is 235 Å². The molecule has 0 atom stereocenters. The maximum atomic E-state index is 2.53. The van der Waals surface area contributed by atoms with Crippen LogP contribution >= 0.6 is 0 Å². The predicted octanol–water partition coefficient (Wildman–Crippen LogP) is 18.1. The molecule has 4 aromatic heterocycles. The number of fused-ring (bicyclic) bond motifs is 14. The van der Waals surface area contributed by atoms with Crippen molar-refractivity contribution in [3.05, 3.63) is 218 Å². The molecule has 11 aromatic carbocycles. The first-order valence-electron chi connectivity index (χ1n) is 23.6. The molecule has 15 rings (SSSR count). The molecule has 0 N–H and O–H groups in total. The average Bonchev–Trinajstić information content (AvgIpc) is 4.10. The van der Waals surface area contributed by atoms with Gasteiger partial charge < -0.3 is 8.80 Å². The minimum Gasteiger partial charge on any atom is -0.308 e. The van der Waals surface area contributed by atoms with Gasteiger partial charge in [0.1, 0.15) is 0 Å². The van der Waals surface area contributed by atoms with Crippen LogP contribution in [0.4, 0.5) is 0 Å². The largest absolute Gasteiger partial charge is 0.308 e. The number of nitrogens with zero attached hydrogens (tertiary/aromatic N) is 2. The Kier molecular flexibility index (Phi) is 7.45. The number of hydrogen-bond donors (Lipinski definition) is 0. The first kappa shape index (κ1) is 36.8. The molecule has 0 aliphatic rings. The van der Waals surface area contributed by atoms with Crippen molar-refractivity contribution in [3.63, 3.8) is 0 Å². The van der Waals surface area contributed by atoms with Crippen LogP contribution in [0.2, 0.25) is 0 Å². The van der Waals surface area contributed by atoms with Crippen LogP contribution < -0.4 is 0 Å². The van der Waals surface area contributed by atoms with Gasteiger partial charge in [-0.05, 0) is 150 Å². The molecule has 0 unspecified atom stereocenters. The second kappa shape index (κ2) is 13.5. The second-order valence-corrected chi connectivity index (χ2v) is 19.1. The summed E-state index contributed by atoms with van der Waals surface area (Å²) >= 11 is 0. The van der Waals surface area contributed by atoms with Crippen molar-refractivity contribution in [3.8, 4) is 44.5 Å². The molecule has 0 spiro atoms. The van der Waals surface area contributed by atoms with Crippen molar-refractivity contribution in [1.82, 2.24) is 8.80 Å². The first-order chi connectivity index (χ1) is 33.0. The first-order valence-corrected chi connectivity index (χ1v) is 23.6. The molecule has 0 bridgehead atoms. The molecule has 0 aliphatic carbocycles. The van der Waals surface area contributed by atoms with E-state index in [9.17, 15) is 0 Å². The lowest BCUT2D eigenvalue weighted by Gasteiger charge is -2.10. The summed E-state index contributed by atoms with van der Waals surface area (Å²) in [5, 5.41) is 15.4. The highest BCUT2D eigenvalue weighted by atomic mass is 14.9. The van der Waals surface area contributed by atoms with Crippen molar-refractivity contribution >= 4 is 97.7 Å². The lowest BCUT2D eigenvalue weighted by atomic mass is 9.93. The van der Waals surface area contributed by atoms with E-state index in [-0.39, 0.29) is 0 Å². The number of rotatable bonds is 5. The van der Waals surface area contributed by atoms with Crippen molar-refractivity contribution in [2.75, 3.05) is 0 Å². The number of benzene rings is 11. The maximum absolute atomic E-state index is 2.53. The molecule has 4 heterocycles. The fourth-order valence-electron chi connectivity index (χ4n) is 11.8. The number of para-hydroxylation sites is 1. The summed E-state index contributed by atoms with van der Waals surface area (Å²) in [6.45, 7) is 4.53. The molecule has 15 aromatic rings. The standard InChI is InChI=1S/C65H42N2/c1-38(2)39-22-24-41(25-23-39)48-31-57-53-30-47(26-27-61(53)67-62-35-45-15-7-6-14-44(45)29-54(62)58(32-48)65(57)67)50-20-11-18-46-36-63-55(37-52(46)50)59-34-49(33-56-51-19-8-9-21-60(51)66(63)64(56)59)43-17-10-16-42(28-43)40-12-4-3-5-13-40/h3-38H,1-2H3. The summed E-state index contributed by atoms with van der Waals surface area (Å²) in [4.78, 5) is 0. The zero-order chi connectivity index (χ0) is 44.1. The van der Waals surface area contributed by atoms with Gasteiger partial charge in [0.25, 0.3) is 0 Å². The lowest BCUT2D eigenvalue weighted by molar-refractivity contribution is 0.867. The third kappa shape index (κ3) is 5.21. The Morgan fingerprint density at radius 1 is 0.269 bits per heavy atom. The van der Waals surface area contributed by atoms with Gasteiger partial charge in [0.15, 0.2) is 0 Å². The van der Waals surface area contributed by atoms with E-state index >= 15 is 0 Å². The molecule has 0 amide bonds. The average molecular weight is 851 g/mol. The Balaban J connectivity index is 0.970. The molecule has 0 radical (unpaired) electrons. The molecule has 0 aliphatic heterocycles. The Morgan fingerprint density at radius 3 is 1.49 bits per heavy atom. The van der Waals surface area contributed by atoms with Gasteiger partial charge in [0.2, 0.25) is 0 Å². The van der Waals surface area contributed by atoms with Crippen LogP contribution in [-0.4, -0.2) is 8.80 Å². The van der Waals surface area contributed by atoms with Gasteiger partial charge in [0.05, 0.1) is 33.1 Å². The van der Waals surface area contributed by atoms with Crippen LogP contribution in [0.1, 0.15) is 25.3 Å². The van der Waals surface area contributed by atoms with Crippen molar-refractivity contribution < 1.29 is 0 Å². The van der Waals surface area contributed by atoms with Gasteiger partial charge in [0, 0.05) is 43.1 Å². The molecular weight excluding hydrogens is 809 g/mol. The third-order valence-electron chi connectivity index (χ3n) is 15.1. The molecule has 0 saturated carbocycles. The Morgan fingerprint density at radius 2 is 0.761 bits per heavy atom. The van der Waals surface area contributed by atoms with Gasteiger partial charge in [-0.25, -0.2) is 0 Å². The predicted molar refractivity (Wildman–Crippen MR) is 287 cm³/mol. The van der Waals surface area contributed by atoms with Gasteiger partial charge in [-0.3, -0.25) is 0 Å². The van der Waals surface area contributed by atoms with Gasteiger partial charge in [-0.2, -0.15) is 0 Å². The Labute approximate surface area is 386 Å². The van der Waals surface area contributed by atoms with Crippen LogP contribution in [0.3, 0.4) is 0 Å². The Bertz CT molecular complexity index is 4510. The topological polar surface area (TPSA) is 8.82 Å². The fourth-order valence-corrected chi connectivity index (χ4v) is 11.8. The van der Waals surface area contributed by atoms with E-state index in [1.807, 2.05) is 0 Å². The van der Waals surface area contributed by atoms with Gasteiger partial charge in [-0.1, -0.05) is 153 Å². The molecule has 2 nitrogen and oxygen atoms in total. The van der Waals surface area contributed by atoms with Crippen LogP contribution in [0.25, 0.3) is 142 Å².